The summed E-state index contributed by atoms with van der Waals surface area (Å²) in [5.74, 6) is -0.00977. The van der Waals surface area contributed by atoms with Crippen molar-refractivity contribution in [1.82, 2.24) is 4.57 Å². The zero-order valence-corrected chi connectivity index (χ0v) is 8.95. The second-order valence-corrected chi connectivity index (χ2v) is 3.80. The Labute approximate surface area is 88.5 Å². The second kappa shape index (κ2) is 3.51. The minimum Gasteiger partial charge on any atom is -0.350 e. The summed E-state index contributed by atoms with van der Waals surface area (Å²) in [5, 5.41) is 0.985. The van der Waals surface area contributed by atoms with Gasteiger partial charge in [-0.15, -0.1) is 0 Å². The molecule has 2 rings (SSSR count). The molecular weight excluding hydrogens is 188 g/mol. The summed E-state index contributed by atoms with van der Waals surface area (Å²) in [4.78, 5) is 11.6. The molecule has 0 unspecified atom stereocenters. The van der Waals surface area contributed by atoms with E-state index in [-0.39, 0.29) is 12.3 Å². The number of hydrogen-bond donors (Lipinski definition) is 1. The number of fused-ring (bicyclic) bond motifs is 1. The second-order valence-electron chi connectivity index (χ2n) is 3.80. The molecule has 1 aromatic carbocycles. The van der Waals surface area contributed by atoms with Crippen LogP contribution in [0.5, 0.6) is 0 Å². The molecule has 2 N–H and O–H groups in total. The third-order valence-electron chi connectivity index (χ3n) is 2.63. The van der Waals surface area contributed by atoms with Gasteiger partial charge >= 0.3 is 0 Å². The predicted molar refractivity (Wildman–Crippen MR) is 61.0 cm³/mol. The highest BCUT2D eigenvalue weighted by Gasteiger charge is 2.11. The van der Waals surface area contributed by atoms with Gasteiger partial charge in [0.15, 0.2) is 5.78 Å². The van der Waals surface area contributed by atoms with Crippen molar-refractivity contribution in [3.8, 4) is 0 Å². The lowest BCUT2D eigenvalue weighted by molar-refractivity contribution is 0.100. The summed E-state index contributed by atoms with van der Waals surface area (Å²) in [6.45, 7) is 2.10. The largest absolute Gasteiger partial charge is 0.350 e. The molecule has 2 aromatic rings. The molecule has 0 atom stereocenters. The molecule has 3 heteroatoms. The molecule has 0 aliphatic heterocycles. The molecule has 1 heterocycles. The van der Waals surface area contributed by atoms with Crippen molar-refractivity contribution in [2.45, 2.75) is 6.92 Å². The minimum absolute atomic E-state index is 0.00977. The van der Waals surface area contributed by atoms with E-state index in [1.54, 1.807) is 0 Å². The number of carbonyl (C=O) groups is 1. The Kier molecular flexibility index (Phi) is 2.32. The Hall–Kier alpha value is -1.61. The molecule has 1 aromatic heterocycles. The van der Waals surface area contributed by atoms with E-state index in [0.717, 1.165) is 16.5 Å². The number of hydrogen-bond acceptors (Lipinski definition) is 2. The monoisotopic (exact) mass is 202 g/mol. The molecule has 3 nitrogen and oxygen atoms in total. The van der Waals surface area contributed by atoms with Crippen LogP contribution in [-0.2, 0) is 7.05 Å². The van der Waals surface area contributed by atoms with Crippen LogP contribution in [-0.4, -0.2) is 16.9 Å². The number of aromatic nitrogens is 1. The van der Waals surface area contributed by atoms with E-state index in [1.807, 2.05) is 36.9 Å². The third-order valence-corrected chi connectivity index (χ3v) is 2.63. The number of aryl methyl sites for hydroxylation is 2. The predicted octanol–water partition coefficient (Wildman–Crippen LogP) is 1.63. The number of rotatable bonds is 2. The van der Waals surface area contributed by atoms with E-state index in [0.29, 0.717) is 0 Å². The van der Waals surface area contributed by atoms with Gasteiger partial charge < -0.3 is 10.3 Å². The smallest absolute Gasteiger partial charge is 0.178 e. The van der Waals surface area contributed by atoms with Crippen LogP contribution in [0, 0.1) is 6.92 Å². The topological polar surface area (TPSA) is 48.0 Å². The van der Waals surface area contributed by atoms with Crippen molar-refractivity contribution in [3.05, 3.63) is 35.5 Å². The Morgan fingerprint density at radius 2 is 2.20 bits per heavy atom. The van der Waals surface area contributed by atoms with Crippen molar-refractivity contribution in [2.24, 2.45) is 12.8 Å². The van der Waals surface area contributed by atoms with Crippen LogP contribution >= 0.6 is 0 Å². The molecule has 0 bridgehead atoms. The Balaban J connectivity index is 2.73. The number of Topliss-reactive ketones (excluding diaryl/α,β-unsaturated/α-hetero) is 1. The van der Waals surface area contributed by atoms with E-state index < -0.39 is 0 Å². The zero-order valence-electron chi connectivity index (χ0n) is 8.95. The van der Waals surface area contributed by atoms with Crippen LogP contribution in [0.3, 0.4) is 0 Å². The number of nitrogens with zero attached hydrogens (tertiary/aromatic N) is 1. The summed E-state index contributed by atoms with van der Waals surface area (Å²) >= 11 is 0. The van der Waals surface area contributed by atoms with Gasteiger partial charge in [-0.05, 0) is 18.6 Å². The average molecular weight is 202 g/mol. The van der Waals surface area contributed by atoms with Gasteiger partial charge in [0.25, 0.3) is 0 Å². The lowest BCUT2D eigenvalue weighted by Crippen LogP contribution is -2.13. The molecule has 0 saturated heterocycles. The van der Waals surface area contributed by atoms with E-state index >= 15 is 0 Å². The van der Waals surface area contributed by atoms with Gasteiger partial charge in [0.2, 0.25) is 0 Å². The first-order chi connectivity index (χ1) is 7.13. The first-order valence-corrected chi connectivity index (χ1v) is 4.92. The molecule has 0 aliphatic rings. The van der Waals surface area contributed by atoms with Gasteiger partial charge in [0.1, 0.15) is 0 Å². The quantitative estimate of drug-likeness (QED) is 0.752. The highest BCUT2D eigenvalue weighted by atomic mass is 16.1. The van der Waals surface area contributed by atoms with Crippen LogP contribution in [0.1, 0.15) is 15.9 Å². The van der Waals surface area contributed by atoms with Gasteiger partial charge in [-0.25, -0.2) is 0 Å². The third kappa shape index (κ3) is 1.55. The van der Waals surface area contributed by atoms with Crippen LogP contribution in [0.15, 0.2) is 24.4 Å². The van der Waals surface area contributed by atoms with Crippen molar-refractivity contribution in [1.29, 1.82) is 0 Å². The lowest BCUT2D eigenvalue weighted by atomic mass is 10.1. The average Bonchev–Trinajstić information content (AvgIpc) is 2.55. The first-order valence-electron chi connectivity index (χ1n) is 4.92. The zero-order chi connectivity index (χ0) is 11.0. The molecule has 0 radical (unpaired) electrons. The molecule has 15 heavy (non-hydrogen) atoms. The molecule has 0 amide bonds. The fraction of sp³-hybridized carbons (Fsp3) is 0.250. The highest BCUT2D eigenvalue weighted by Crippen LogP contribution is 2.21. The number of benzene rings is 1. The van der Waals surface area contributed by atoms with E-state index in [1.165, 1.54) is 5.56 Å². The van der Waals surface area contributed by atoms with Crippen LogP contribution in [0.25, 0.3) is 10.9 Å². The summed E-state index contributed by atoms with van der Waals surface area (Å²) in [7, 11) is 1.94. The summed E-state index contributed by atoms with van der Waals surface area (Å²) in [6.07, 6.45) is 1.85. The molecule has 0 aliphatic carbocycles. The lowest BCUT2D eigenvalue weighted by Gasteiger charge is -1.97. The van der Waals surface area contributed by atoms with Gasteiger partial charge in [0, 0.05) is 29.7 Å². The van der Waals surface area contributed by atoms with Gasteiger partial charge in [-0.2, -0.15) is 0 Å². The van der Waals surface area contributed by atoms with Crippen molar-refractivity contribution >= 4 is 16.7 Å². The minimum atomic E-state index is -0.00977. The van der Waals surface area contributed by atoms with Crippen LogP contribution in [0.4, 0.5) is 0 Å². The van der Waals surface area contributed by atoms with E-state index in [2.05, 4.69) is 6.07 Å². The first kappa shape index (κ1) is 9.93. The number of carbonyl (C=O) groups excluding carboxylic acids is 1. The Bertz CT molecular complexity index is 526. The van der Waals surface area contributed by atoms with Crippen LogP contribution < -0.4 is 5.73 Å². The Morgan fingerprint density at radius 3 is 2.87 bits per heavy atom. The maximum absolute atomic E-state index is 11.6. The number of nitrogens with two attached hydrogens (primary N) is 1. The fourth-order valence-electron chi connectivity index (χ4n) is 1.83. The molecule has 0 saturated carbocycles. The standard InChI is InChI=1S/C12H14N2O/c1-8-3-4-9-10(12(15)6-13)7-14(2)11(9)5-8/h3-5,7H,6,13H2,1-2H3. The van der Waals surface area contributed by atoms with Gasteiger partial charge in [-0.1, -0.05) is 12.1 Å². The highest BCUT2D eigenvalue weighted by molar-refractivity contribution is 6.09. The van der Waals surface area contributed by atoms with Crippen molar-refractivity contribution in [2.75, 3.05) is 6.54 Å². The van der Waals surface area contributed by atoms with Crippen LogP contribution in [0.2, 0.25) is 0 Å². The number of ketones is 1. The van der Waals surface area contributed by atoms with Gasteiger partial charge in [-0.3, -0.25) is 4.79 Å². The summed E-state index contributed by atoms with van der Waals surface area (Å²) in [6, 6.07) is 6.06. The maximum Gasteiger partial charge on any atom is 0.178 e. The van der Waals surface area contributed by atoms with Crippen molar-refractivity contribution in [3.63, 3.8) is 0 Å². The SMILES string of the molecule is Cc1ccc2c(C(=O)CN)cn(C)c2c1. The van der Waals surface area contributed by atoms with E-state index in [4.69, 9.17) is 5.73 Å². The Morgan fingerprint density at radius 1 is 1.47 bits per heavy atom. The molecule has 78 valence electrons. The molecular formula is C12H14N2O. The fourth-order valence-corrected chi connectivity index (χ4v) is 1.83. The normalized spacial score (nSPS) is 10.9. The maximum atomic E-state index is 11.6. The summed E-state index contributed by atoms with van der Waals surface area (Å²) < 4.78 is 1.96. The van der Waals surface area contributed by atoms with Gasteiger partial charge in [0.05, 0.1) is 6.54 Å². The van der Waals surface area contributed by atoms with Crippen molar-refractivity contribution < 1.29 is 4.79 Å². The van der Waals surface area contributed by atoms with E-state index in [9.17, 15) is 4.79 Å². The molecule has 0 spiro atoms. The molecule has 0 fully saturated rings. The summed E-state index contributed by atoms with van der Waals surface area (Å²) in [5.41, 5.74) is 8.36.